The highest BCUT2D eigenvalue weighted by atomic mass is 16.5. The Hall–Kier alpha value is -2.08. The Morgan fingerprint density at radius 1 is 1.23 bits per heavy atom. The molecule has 2 aliphatic heterocycles. The molecular weight excluding hydrogens is 332 g/mol. The van der Waals surface area contributed by atoms with Gasteiger partial charge in [-0.1, -0.05) is 18.2 Å². The number of nitrogens with one attached hydrogen (secondary N) is 1. The molecular formula is C20H28N2O4. The maximum absolute atomic E-state index is 12.6. The summed E-state index contributed by atoms with van der Waals surface area (Å²) in [5.74, 6) is 0.923. The minimum Gasteiger partial charge on any atom is -0.496 e. The van der Waals surface area contributed by atoms with Crippen molar-refractivity contribution in [1.82, 2.24) is 10.2 Å². The van der Waals surface area contributed by atoms with E-state index in [9.17, 15) is 9.59 Å². The van der Waals surface area contributed by atoms with Crippen molar-refractivity contribution in [2.24, 2.45) is 0 Å². The number of piperidine rings is 1. The first-order valence-corrected chi connectivity index (χ1v) is 9.46. The van der Waals surface area contributed by atoms with E-state index in [-0.39, 0.29) is 24.0 Å². The van der Waals surface area contributed by atoms with Crippen LogP contribution in [0.3, 0.4) is 0 Å². The van der Waals surface area contributed by atoms with Gasteiger partial charge >= 0.3 is 0 Å². The van der Waals surface area contributed by atoms with Crippen LogP contribution in [0.2, 0.25) is 0 Å². The van der Waals surface area contributed by atoms with Crippen LogP contribution in [0.1, 0.15) is 37.7 Å². The molecule has 6 nitrogen and oxygen atoms in total. The van der Waals surface area contributed by atoms with Crippen molar-refractivity contribution in [2.75, 3.05) is 26.8 Å². The van der Waals surface area contributed by atoms with Gasteiger partial charge in [-0.25, -0.2) is 0 Å². The van der Waals surface area contributed by atoms with E-state index in [1.54, 1.807) is 7.11 Å². The van der Waals surface area contributed by atoms with Crippen molar-refractivity contribution in [3.05, 3.63) is 29.8 Å². The number of para-hydroxylation sites is 1. The lowest BCUT2D eigenvalue weighted by atomic mass is 10.0. The van der Waals surface area contributed by atoms with E-state index in [1.807, 2.05) is 29.2 Å². The standard InChI is InChI=1S/C20H28N2O4/c1-25-18-7-3-2-5-15(18)13-20(24)22-10-8-16(9-11-22)21-19(23)14-17-6-4-12-26-17/h2-3,5,7,16-17H,4,6,8-14H2,1H3,(H,21,23)/t17-/m0/s1. The third kappa shape index (κ3) is 4.97. The number of rotatable bonds is 6. The molecule has 1 atom stereocenters. The molecule has 3 rings (SSSR count). The summed E-state index contributed by atoms with van der Waals surface area (Å²) < 4.78 is 10.8. The molecule has 0 aromatic heterocycles. The lowest BCUT2D eigenvalue weighted by Gasteiger charge is -2.32. The summed E-state index contributed by atoms with van der Waals surface area (Å²) in [6, 6.07) is 7.77. The normalized spacial score (nSPS) is 20.8. The minimum absolute atomic E-state index is 0.0655. The Balaban J connectivity index is 1.42. The van der Waals surface area contributed by atoms with E-state index in [0.29, 0.717) is 25.9 Å². The number of hydrogen-bond acceptors (Lipinski definition) is 4. The SMILES string of the molecule is COc1ccccc1CC(=O)N1CCC(NC(=O)C[C@@H]2CCCO2)CC1. The second kappa shape index (κ2) is 9.03. The number of hydrogen-bond donors (Lipinski definition) is 1. The third-order valence-electron chi connectivity index (χ3n) is 5.18. The quantitative estimate of drug-likeness (QED) is 0.842. The minimum atomic E-state index is 0.0655. The van der Waals surface area contributed by atoms with Crippen LogP contribution in [0.25, 0.3) is 0 Å². The lowest BCUT2D eigenvalue weighted by molar-refractivity contribution is -0.131. The van der Waals surface area contributed by atoms with Crippen molar-refractivity contribution in [3.8, 4) is 5.75 Å². The molecule has 26 heavy (non-hydrogen) atoms. The Kier molecular flexibility index (Phi) is 6.50. The average Bonchev–Trinajstić information content (AvgIpc) is 3.15. The number of likely N-dealkylation sites (tertiary alicyclic amines) is 1. The molecule has 1 N–H and O–H groups in total. The van der Waals surface area contributed by atoms with Gasteiger partial charge in [-0.05, 0) is 31.7 Å². The molecule has 2 aliphatic rings. The van der Waals surface area contributed by atoms with Crippen LogP contribution >= 0.6 is 0 Å². The molecule has 1 aromatic carbocycles. The molecule has 2 saturated heterocycles. The molecule has 2 amide bonds. The van der Waals surface area contributed by atoms with E-state index in [1.165, 1.54) is 0 Å². The zero-order valence-electron chi connectivity index (χ0n) is 15.4. The largest absolute Gasteiger partial charge is 0.496 e. The average molecular weight is 360 g/mol. The molecule has 2 heterocycles. The summed E-state index contributed by atoms with van der Waals surface area (Å²) in [4.78, 5) is 26.6. The fourth-order valence-corrected chi connectivity index (χ4v) is 3.70. The lowest BCUT2D eigenvalue weighted by Crippen LogP contribution is -2.47. The summed E-state index contributed by atoms with van der Waals surface area (Å²) in [5, 5.41) is 3.10. The van der Waals surface area contributed by atoms with Gasteiger partial charge in [0.15, 0.2) is 0 Å². The van der Waals surface area contributed by atoms with E-state index < -0.39 is 0 Å². The molecule has 2 fully saturated rings. The zero-order chi connectivity index (χ0) is 18.4. The second-order valence-electron chi connectivity index (χ2n) is 7.05. The molecule has 0 aliphatic carbocycles. The fourth-order valence-electron chi connectivity index (χ4n) is 3.70. The summed E-state index contributed by atoms with van der Waals surface area (Å²) >= 11 is 0. The Morgan fingerprint density at radius 2 is 2.00 bits per heavy atom. The van der Waals surface area contributed by atoms with E-state index in [2.05, 4.69) is 5.32 Å². The highest BCUT2D eigenvalue weighted by molar-refractivity contribution is 5.80. The number of nitrogens with zero attached hydrogens (tertiary/aromatic N) is 1. The van der Waals surface area contributed by atoms with Crippen molar-refractivity contribution in [2.45, 2.75) is 50.7 Å². The first kappa shape index (κ1) is 18.7. The Bertz CT molecular complexity index is 620. The third-order valence-corrected chi connectivity index (χ3v) is 5.18. The van der Waals surface area contributed by atoms with Gasteiger partial charge in [-0.2, -0.15) is 0 Å². The molecule has 0 unspecified atom stereocenters. The predicted octanol–water partition coefficient (Wildman–Crippen LogP) is 1.91. The van der Waals surface area contributed by atoms with Crippen molar-refractivity contribution < 1.29 is 19.1 Å². The molecule has 142 valence electrons. The van der Waals surface area contributed by atoms with Crippen molar-refractivity contribution in [3.63, 3.8) is 0 Å². The van der Waals surface area contributed by atoms with Crippen molar-refractivity contribution in [1.29, 1.82) is 0 Å². The maximum Gasteiger partial charge on any atom is 0.227 e. The van der Waals surface area contributed by atoms with E-state index in [0.717, 1.165) is 43.6 Å². The second-order valence-corrected chi connectivity index (χ2v) is 7.05. The van der Waals surface area contributed by atoms with Crippen LogP contribution in [-0.4, -0.2) is 55.7 Å². The highest BCUT2D eigenvalue weighted by Gasteiger charge is 2.26. The van der Waals surface area contributed by atoms with Crippen LogP contribution in [0.15, 0.2) is 24.3 Å². The topological polar surface area (TPSA) is 67.9 Å². The summed E-state index contributed by atoms with van der Waals surface area (Å²) in [7, 11) is 1.62. The fraction of sp³-hybridized carbons (Fsp3) is 0.600. The molecule has 6 heteroatoms. The van der Waals surface area contributed by atoms with Gasteiger partial charge in [0.2, 0.25) is 11.8 Å². The Labute approximate surface area is 154 Å². The van der Waals surface area contributed by atoms with Gasteiger partial charge in [0.05, 0.1) is 26.1 Å². The summed E-state index contributed by atoms with van der Waals surface area (Å²) in [5.41, 5.74) is 0.909. The monoisotopic (exact) mass is 360 g/mol. The molecule has 0 bridgehead atoms. The number of carbonyl (C=O) groups is 2. The van der Waals surface area contributed by atoms with Crippen molar-refractivity contribution >= 4 is 11.8 Å². The molecule has 0 radical (unpaired) electrons. The van der Waals surface area contributed by atoms with Crippen LogP contribution in [0.4, 0.5) is 0 Å². The van der Waals surface area contributed by atoms with E-state index in [4.69, 9.17) is 9.47 Å². The van der Waals surface area contributed by atoms with Crippen LogP contribution in [0, 0.1) is 0 Å². The smallest absolute Gasteiger partial charge is 0.227 e. The maximum atomic E-state index is 12.6. The van der Waals surface area contributed by atoms with Crippen LogP contribution in [-0.2, 0) is 20.7 Å². The number of carbonyl (C=O) groups excluding carboxylic acids is 2. The number of benzene rings is 1. The van der Waals surface area contributed by atoms with Gasteiger partial charge in [-0.15, -0.1) is 0 Å². The van der Waals surface area contributed by atoms with E-state index >= 15 is 0 Å². The van der Waals surface area contributed by atoms with Gasteiger partial charge in [-0.3, -0.25) is 9.59 Å². The molecule has 0 saturated carbocycles. The van der Waals surface area contributed by atoms with Gasteiger partial charge in [0.1, 0.15) is 5.75 Å². The first-order valence-electron chi connectivity index (χ1n) is 9.46. The first-order chi connectivity index (χ1) is 12.7. The molecule has 1 aromatic rings. The highest BCUT2D eigenvalue weighted by Crippen LogP contribution is 2.20. The molecule has 0 spiro atoms. The number of ether oxygens (including phenoxy) is 2. The Morgan fingerprint density at radius 3 is 2.69 bits per heavy atom. The predicted molar refractivity (Wildman–Crippen MR) is 98.0 cm³/mol. The summed E-state index contributed by atoms with van der Waals surface area (Å²) in [6.45, 7) is 2.13. The van der Waals surface area contributed by atoms with Crippen LogP contribution < -0.4 is 10.1 Å². The van der Waals surface area contributed by atoms with Crippen LogP contribution in [0.5, 0.6) is 5.75 Å². The number of methoxy groups -OCH3 is 1. The van der Waals surface area contributed by atoms with Gasteiger partial charge < -0.3 is 19.7 Å². The number of amides is 2. The summed E-state index contributed by atoms with van der Waals surface area (Å²) in [6.07, 6.45) is 4.50. The zero-order valence-corrected chi connectivity index (χ0v) is 15.4. The van der Waals surface area contributed by atoms with Gasteiger partial charge in [0.25, 0.3) is 0 Å². The van der Waals surface area contributed by atoms with Gasteiger partial charge in [0, 0.05) is 31.3 Å².